The lowest BCUT2D eigenvalue weighted by Crippen LogP contribution is -2.21. The summed E-state index contributed by atoms with van der Waals surface area (Å²) in [7, 11) is 3.31. The molecule has 2 aromatic rings. The minimum Gasteiger partial charge on any atom is -0.381 e. The second-order valence-electron chi connectivity index (χ2n) is 6.53. The fourth-order valence-corrected chi connectivity index (χ4v) is 3.11. The highest BCUT2D eigenvalue weighted by atomic mass is 16.5. The molecule has 3 rings (SSSR count). The Balaban J connectivity index is 0.000000313. The number of methoxy groups -OCH3 is 1. The van der Waals surface area contributed by atoms with Gasteiger partial charge in [-0.2, -0.15) is 5.10 Å². The second kappa shape index (κ2) is 9.87. The average Bonchev–Trinajstić information content (AvgIpc) is 3.37. The molecule has 1 aromatic heterocycles. The van der Waals surface area contributed by atoms with Crippen LogP contribution in [0.3, 0.4) is 0 Å². The first-order valence-electron chi connectivity index (χ1n) is 9.17. The van der Waals surface area contributed by atoms with E-state index < -0.39 is 5.91 Å². The quantitative estimate of drug-likeness (QED) is 0.842. The SMILES string of the molecule is CNC(=O)c1cc(C(N)=O)n(C(C)c2ccccc2)n1.COC1CCCC1. The summed E-state index contributed by atoms with van der Waals surface area (Å²) in [6, 6.07) is 10.8. The van der Waals surface area contributed by atoms with Crippen molar-refractivity contribution in [2.45, 2.75) is 44.8 Å². The van der Waals surface area contributed by atoms with E-state index in [9.17, 15) is 9.59 Å². The lowest BCUT2D eigenvalue weighted by atomic mass is 10.1. The van der Waals surface area contributed by atoms with Crippen molar-refractivity contribution in [1.29, 1.82) is 0 Å². The number of amides is 2. The number of nitrogens with zero attached hydrogens (tertiary/aromatic N) is 2. The van der Waals surface area contributed by atoms with Crippen molar-refractivity contribution in [3.63, 3.8) is 0 Å². The number of primary amides is 1. The molecule has 1 unspecified atom stereocenters. The van der Waals surface area contributed by atoms with Crippen LogP contribution in [0.4, 0.5) is 0 Å². The highest BCUT2D eigenvalue weighted by Crippen LogP contribution is 2.20. The molecular formula is C20H28N4O3. The van der Waals surface area contributed by atoms with Crippen LogP contribution in [0, 0.1) is 0 Å². The lowest BCUT2D eigenvalue weighted by molar-refractivity contribution is 0.0955. The maximum atomic E-state index is 11.6. The summed E-state index contributed by atoms with van der Waals surface area (Å²) in [5.74, 6) is -0.970. The van der Waals surface area contributed by atoms with Gasteiger partial charge in [-0.15, -0.1) is 0 Å². The first-order valence-corrected chi connectivity index (χ1v) is 9.17. The molecule has 1 heterocycles. The van der Waals surface area contributed by atoms with Crippen LogP contribution in [0.2, 0.25) is 0 Å². The summed E-state index contributed by atoms with van der Waals surface area (Å²) < 4.78 is 6.59. The number of benzene rings is 1. The van der Waals surface area contributed by atoms with Crippen LogP contribution in [-0.4, -0.2) is 41.9 Å². The third kappa shape index (κ3) is 5.40. The normalized spacial score (nSPS) is 14.9. The van der Waals surface area contributed by atoms with Gasteiger partial charge in [-0.05, 0) is 25.3 Å². The molecule has 146 valence electrons. The predicted octanol–water partition coefficient (Wildman–Crippen LogP) is 2.53. The fourth-order valence-electron chi connectivity index (χ4n) is 3.11. The van der Waals surface area contributed by atoms with Gasteiger partial charge in [-0.3, -0.25) is 14.3 Å². The first kappa shape index (κ1) is 20.6. The third-order valence-electron chi connectivity index (χ3n) is 4.73. The minimum atomic E-state index is -0.615. The minimum absolute atomic E-state index is 0.170. The third-order valence-corrected chi connectivity index (χ3v) is 4.73. The van der Waals surface area contributed by atoms with Gasteiger partial charge in [-0.1, -0.05) is 43.2 Å². The van der Waals surface area contributed by atoms with Crippen molar-refractivity contribution in [2.24, 2.45) is 5.73 Å². The lowest BCUT2D eigenvalue weighted by Gasteiger charge is -2.14. The molecule has 3 N–H and O–H groups in total. The monoisotopic (exact) mass is 372 g/mol. The van der Waals surface area contributed by atoms with Crippen LogP contribution in [0.5, 0.6) is 0 Å². The zero-order chi connectivity index (χ0) is 19.8. The molecule has 1 saturated carbocycles. The molecule has 1 aliphatic carbocycles. The van der Waals surface area contributed by atoms with E-state index in [1.54, 1.807) is 7.11 Å². The highest BCUT2D eigenvalue weighted by molar-refractivity contribution is 5.97. The molecule has 1 fully saturated rings. The molecule has 27 heavy (non-hydrogen) atoms. The maximum Gasteiger partial charge on any atom is 0.271 e. The van der Waals surface area contributed by atoms with Crippen molar-refractivity contribution in [3.05, 3.63) is 53.3 Å². The predicted molar refractivity (Wildman–Crippen MR) is 104 cm³/mol. The number of nitrogens with two attached hydrogens (primary N) is 1. The van der Waals surface area contributed by atoms with Gasteiger partial charge in [-0.25, -0.2) is 0 Å². The molecule has 1 aromatic carbocycles. The standard InChI is InChI=1S/C14H16N4O2.C6H12O/c1-9(10-6-4-3-5-7-10)18-12(13(15)19)8-11(17-18)14(20)16-2;1-7-6-4-2-3-5-6/h3-9H,1-2H3,(H2,15,19)(H,16,20);6H,2-5H2,1H3. The van der Waals surface area contributed by atoms with Crippen LogP contribution in [0.15, 0.2) is 36.4 Å². The van der Waals surface area contributed by atoms with E-state index >= 15 is 0 Å². The first-order chi connectivity index (χ1) is 13.0. The molecular weight excluding hydrogens is 344 g/mol. The Morgan fingerprint density at radius 3 is 2.37 bits per heavy atom. The average molecular weight is 372 g/mol. The van der Waals surface area contributed by atoms with Crippen LogP contribution < -0.4 is 11.1 Å². The number of carbonyl (C=O) groups is 2. The Morgan fingerprint density at radius 2 is 1.89 bits per heavy atom. The summed E-state index contributed by atoms with van der Waals surface area (Å²) >= 11 is 0. The number of aromatic nitrogens is 2. The van der Waals surface area contributed by atoms with Crippen molar-refractivity contribution in [2.75, 3.05) is 14.2 Å². The molecule has 0 saturated heterocycles. The maximum absolute atomic E-state index is 11.6. The molecule has 0 spiro atoms. The van der Waals surface area contributed by atoms with Crippen molar-refractivity contribution < 1.29 is 14.3 Å². The number of carbonyl (C=O) groups excluding carboxylic acids is 2. The summed E-state index contributed by atoms with van der Waals surface area (Å²) in [5, 5.41) is 6.65. The Kier molecular flexibility index (Phi) is 7.55. The van der Waals surface area contributed by atoms with E-state index in [2.05, 4.69) is 10.4 Å². The molecule has 7 nitrogen and oxygen atoms in total. The molecule has 7 heteroatoms. The summed E-state index contributed by atoms with van der Waals surface area (Å²) in [6.07, 6.45) is 5.92. The van der Waals surface area contributed by atoms with Gasteiger partial charge < -0.3 is 15.8 Å². The Hall–Kier alpha value is -2.67. The van der Waals surface area contributed by atoms with Gasteiger partial charge >= 0.3 is 0 Å². The van der Waals surface area contributed by atoms with E-state index in [-0.39, 0.29) is 23.3 Å². The largest absolute Gasteiger partial charge is 0.381 e. The second-order valence-corrected chi connectivity index (χ2v) is 6.53. The van der Waals surface area contributed by atoms with Crippen molar-refractivity contribution >= 4 is 11.8 Å². The Bertz CT molecular complexity index is 752. The molecule has 1 aliphatic rings. The van der Waals surface area contributed by atoms with Crippen LogP contribution in [0.25, 0.3) is 0 Å². The smallest absolute Gasteiger partial charge is 0.271 e. The van der Waals surface area contributed by atoms with Gasteiger partial charge in [0.2, 0.25) is 0 Å². The van der Waals surface area contributed by atoms with Gasteiger partial charge in [0.15, 0.2) is 5.69 Å². The molecule has 0 aliphatic heterocycles. The van der Waals surface area contributed by atoms with E-state index in [0.29, 0.717) is 6.10 Å². The zero-order valence-corrected chi connectivity index (χ0v) is 16.1. The van der Waals surface area contributed by atoms with E-state index in [0.717, 1.165) is 5.56 Å². The molecule has 2 amide bonds. The van der Waals surface area contributed by atoms with Gasteiger partial charge in [0, 0.05) is 20.2 Å². The van der Waals surface area contributed by atoms with Gasteiger partial charge in [0.25, 0.3) is 11.8 Å². The van der Waals surface area contributed by atoms with Crippen LogP contribution in [0.1, 0.15) is 65.2 Å². The number of nitrogens with one attached hydrogen (secondary N) is 1. The van der Waals surface area contributed by atoms with Gasteiger partial charge in [0.05, 0.1) is 12.1 Å². The molecule has 1 atom stereocenters. The van der Waals surface area contributed by atoms with Gasteiger partial charge in [0.1, 0.15) is 5.69 Å². The van der Waals surface area contributed by atoms with Crippen molar-refractivity contribution in [3.8, 4) is 0 Å². The number of hydrogen-bond acceptors (Lipinski definition) is 4. The topological polar surface area (TPSA) is 99.2 Å². The van der Waals surface area contributed by atoms with Crippen LogP contribution >= 0.6 is 0 Å². The van der Waals surface area contributed by atoms with E-state index in [4.69, 9.17) is 10.5 Å². The zero-order valence-electron chi connectivity index (χ0n) is 16.1. The Labute approximate surface area is 159 Å². The molecule has 0 bridgehead atoms. The number of hydrogen-bond donors (Lipinski definition) is 2. The van der Waals surface area contributed by atoms with Crippen molar-refractivity contribution in [1.82, 2.24) is 15.1 Å². The van der Waals surface area contributed by atoms with E-state index in [1.807, 2.05) is 37.3 Å². The summed E-state index contributed by atoms with van der Waals surface area (Å²) in [5.41, 5.74) is 6.71. The van der Waals surface area contributed by atoms with Crippen LogP contribution in [-0.2, 0) is 4.74 Å². The highest BCUT2D eigenvalue weighted by Gasteiger charge is 2.20. The Morgan fingerprint density at radius 1 is 1.26 bits per heavy atom. The molecule has 0 radical (unpaired) electrons. The summed E-state index contributed by atoms with van der Waals surface area (Å²) in [6.45, 7) is 1.89. The summed E-state index contributed by atoms with van der Waals surface area (Å²) in [4.78, 5) is 23.1. The van der Waals surface area contributed by atoms with E-state index in [1.165, 1.54) is 43.5 Å². The number of rotatable bonds is 5. The number of ether oxygens (including phenoxy) is 1. The fraction of sp³-hybridized carbons (Fsp3) is 0.450.